The van der Waals surface area contributed by atoms with Crippen LogP contribution in [0.2, 0.25) is 0 Å². The molecule has 0 radical (unpaired) electrons. The van der Waals surface area contributed by atoms with Crippen LogP contribution in [-0.2, 0) is 6.42 Å². The maximum Gasteiger partial charge on any atom is 0.0951 e. The van der Waals surface area contributed by atoms with Crippen molar-refractivity contribution >= 4 is 11.3 Å². The SMILES string of the molecule is CC(CN)c1csc(CCO)n1. The maximum atomic E-state index is 8.67. The molecule has 0 bridgehead atoms. The van der Waals surface area contributed by atoms with Crippen LogP contribution in [0.1, 0.15) is 23.5 Å². The molecule has 68 valence electrons. The highest BCUT2D eigenvalue weighted by atomic mass is 32.1. The highest BCUT2D eigenvalue weighted by Crippen LogP contribution is 2.17. The number of nitrogens with two attached hydrogens (primary N) is 1. The lowest BCUT2D eigenvalue weighted by atomic mass is 10.1. The summed E-state index contributed by atoms with van der Waals surface area (Å²) in [5.74, 6) is 0.327. The Morgan fingerprint density at radius 1 is 1.75 bits per heavy atom. The van der Waals surface area contributed by atoms with Gasteiger partial charge in [0.15, 0.2) is 0 Å². The first kappa shape index (κ1) is 9.64. The molecule has 0 aliphatic carbocycles. The lowest BCUT2D eigenvalue weighted by Crippen LogP contribution is -2.09. The predicted molar refractivity (Wildman–Crippen MR) is 50.4 cm³/mol. The van der Waals surface area contributed by atoms with Crippen molar-refractivity contribution in [2.75, 3.05) is 13.2 Å². The molecule has 0 saturated carbocycles. The van der Waals surface area contributed by atoms with Crippen molar-refractivity contribution in [1.82, 2.24) is 4.98 Å². The van der Waals surface area contributed by atoms with E-state index in [1.54, 1.807) is 11.3 Å². The summed E-state index contributed by atoms with van der Waals surface area (Å²) in [5.41, 5.74) is 6.55. The van der Waals surface area contributed by atoms with Crippen LogP contribution in [-0.4, -0.2) is 23.2 Å². The van der Waals surface area contributed by atoms with Crippen molar-refractivity contribution in [3.05, 3.63) is 16.1 Å². The maximum absolute atomic E-state index is 8.67. The number of nitrogens with zero attached hydrogens (tertiary/aromatic N) is 1. The summed E-state index contributed by atoms with van der Waals surface area (Å²) < 4.78 is 0. The molecule has 3 nitrogen and oxygen atoms in total. The van der Waals surface area contributed by atoms with Gasteiger partial charge in [-0.15, -0.1) is 11.3 Å². The Hall–Kier alpha value is -0.450. The summed E-state index contributed by atoms with van der Waals surface area (Å²) in [4.78, 5) is 4.35. The van der Waals surface area contributed by atoms with Gasteiger partial charge in [0.25, 0.3) is 0 Å². The van der Waals surface area contributed by atoms with Crippen LogP contribution in [0.25, 0.3) is 0 Å². The Kier molecular flexibility index (Phi) is 3.65. The fourth-order valence-electron chi connectivity index (χ4n) is 0.883. The molecule has 1 unspecified atom stereocenters. The summed E-state index contributed by atoms with van der Waals surface area (Å²) in [6.45, 7) is 2.85. The smallest absolute Gasteiger partial charge is 0.0951 e. The molecule has 0 fully saturated rings. The Morgan fingerprint density at radius 3 is 3.08 bits per heavy atom. The summed E-state index contributed by atoms with van der Waals surface area (Å²) in [6.07, 6.45) is 0.655. The molecule has 4 heteroatoms. The van der Waals surface area contributed by atoms with Gasteiger partial charge in [-0.3, -0.25) is 0 Å². The van der Waals surface area contributed by atoms with Gasteiger partial charge in [0.1, 0.15) is 0 Å². The van der Waals surface area contributed by atoms with Crippen molar-refractivity contribution in [3.8, 4) is 0 Å². The van der Waals surface area contributed by atoms with Crippen LogP contribution in [0.5, 0.6) is 0 Å². The van der Waals surface area contributed by atoms with Crippen LogP contribution in [0.3, 0.4) is 0 Å². The summed E-state index contributed by atoms with van der Waals surface area (Å²) in [5, 5.41) is 11.7. The van der Waals surface area contributed by atoms with Crippen molar-refractivity contribution in [2.24, 2.45) is 5.73 Å². The number of aliphatic hydroxyl groups is 1. The number of hydrogen-bond donors (Lipinski definition) is 2. The van der Waals surface area contributed by atoms with Gasteiger partial charge < -0.3 is 10.8 Å². The van der Waals surface area contributed by atoms with E-state index in [-0.39, 0.29) is 6.61 Å². The first-order chi connectivity index (χ1) is 5.77. The minimum absolute atomic E-state index is 0.171. The largest absolute Gasteiger partial charge is 0.396 e. The van der Waals surface area contributed by atoms with E-state index < -0.39 is 0 Å². The first-order valence-corrected chi connectivity index (χ1v) is 4.91. The van der Waals surface area contributed by atoms with E-state index in [0.717, 1.165) is 10.7 Å². The Labute approximate surface area is 76.3 Å². The molecule has 0 aromatic carbocycles. The zero-order valence-corrected chi connectivity index (χ0v) is 7.97. The molecule has 0 saturated heterocycles. The average Bonchev–Trinajstić information content (AvgIpc) is 2.52. The third-order valence-electron chi connectivity index (χ3n) is 1.75. The van der Waals surface area contributed by atoms with Crippen molar-refractivity contribution < 1.29 is 5.11 Å². The lowest BCUT2D eigenvalue weighted by molar-refractivity contribution is 0.299. The van der Waals surface area contributed by atoms with Crippen molar-refractivity contribution in [1.29, 1.82) is 0 Å². The third-order valence-corrected chi connectivity index (χ3v) is 2.68. The zero-order chi connectivity index (χ0) is 8.97. The fraction of sp³-hybridized carbons (Fsp3) is 0.625. The Morgan fingerprint density at radius 2 is 2.50 bits per heavy atom. The summed E-state index contributed by atoms with van der Waals surface area (Å²) >= 11 is 1.59. The first-order valence-electron chi connectivity index (χ1n) is 4.03. The normalized spacial score (nSPS) is 13.2. The van der Waals surface area contributed by atoms with E-state index in [1.807, 2.05) is 5.38 Å². The van der Waals surface area contributed by atoms with E-state index >= 15 is 0 Å². The minimum Gasteiger partial charge on any atom is -0.396 e. The molecule has 1 atom stereocenters. The summed E-state index contributed by atoms with van der Waals surface area (Å²) in [7, 11) is 0. The molecule has 12 heavy (non-hydrogen) atoms. The Bertz CT molecular complexity index is 237. The molecule has 1 rings (SSSR count). The van der Waals surface area contributed by atoms with Crippen LogP contribution in [0.15, 0.2) is 5.38 Å². The lowest BCUT2D eigenvalue weighted by Gasteiger charge is -2.02. The zero-order valence-electron chi connectivity index (χ0n) is 7.16. The molecule has 0 aliphatic heterocycles. The minimum atomic E-state index is 0.171. The van der Waals surface area contributed by atoms with Gasteiger partial charge in [-0.25, -0.2) is 4.98 Å². The standard InChI is InChI=1S/C8H14N2OS/c1-6(4-9)7-5-12-8(10-7)2-3-11/h5-6,11H,2-4,9H2,1H3. The van der Waals surface area contributed by atoms with E-state index in [2.05, 4.69) is 11.9 Å². The predicted octanol–water partition coefficient (Wildman–Crippen LogP) is 0.740. The van der Waals surface area contributed by atoms with Gasteiger partial charge in [0.2, 0.25) is 0 Å². The van der Waals surface area contributed by atoms with Crippen LogP contribution >= 0.6 is 11.3 Å². The third kappa shape index (κ3) is 2.27. The number of rotatable bonds is 4. The second-order valence-electron chi connectivity index (χ2n) is 2.78. The monoisotopic (exact) mass is 186 g/mol. The number of thiazole rings is 1. The van der Waals surface area contributed by atoms with E-state index in [1.165, 1.54) is 0 Å². The number of aromatic nitrogens is 1. The van der Waals surface area contributed by atoms with Gasteiger partial charge in [-0.2, -0.15) is 0 Å². The number of aliphatic hydroxyl groups excluding tert-OH is 1. The van der Waals surface area contributed by atoms with Gasteiger partial charge in [0.05, 0.1) is 10.7 Å². The van der Waals surface area contributed by atoms with E-state index in [4.69, 9.17) is 10.8 Å². The highest BCUT2D eigenvalue weighted by molar-refractivity contribution is 7.09. The van der Waals surface area contributed by atoms with Gasteiger partial charge >= 0.3 is 0 Å². The van der Waals surface area contributed by atoms with Gasteiger partial charge in [0, 0.05) is 30.9 Å². The molecular weight excluding hydrogens is 172 g/mol. The Balaban J connectivity index is 2.63. The molecule has 3 N–H and O–H groups in total. The fourth-order valence-corrected chi connectivity index (χ4v) is 1.79. The van der Waals surface area contributed by atoms with E-state index in [0.29, 0.717) is 18.9 Å². The van der Waals surface area contributed by atoms with Crippen LogP contribution < -0.4 is 5.73 Å². The molecule has 0 amide bonds. The average molecular weight is 186 g/mol. The molecule has 1 heterocycles. The molecular formula is C8H14N2OS. The highest BCUT2D eigenvalue weighted by Gasteiger charge is 2.07. The summed E-state index contributed by atoms with van der Waals surface area (Å²) in [6, 6.07) is 0. The van der Waals surface area contributed by atoms with E-state index in [9.17, 15) is 0 Å². The second-order valence-corrected chi connectivity index (χ2v) is 3.72. The molecule has 0 spiro atoms. The van der Waals surface area contributed by atoms with Crippen LogP contribution in [0, 0.1) is 0 Å². The van der Waals surface area contributed by atoms with Crippen molar-refractivity contribution in [3.63, 3.8) is 0 Å². The molecule has 1 aromatic rings. The number of hydrogen-bond acceptors (Lipinski definition) is 4. The van der Waals surface area contributed by atoms with Gasteiger partial charge in [-0.1, -0.05) is 6.92 Å². The second kappa shape index (κ2) is 4.54. The molecule has 0 aliphatic rings. The quantitative estimate of drug-likeness (QED) is 0.729. The topological polar surface area (TPSA) is 59.1 Å². The molecule has 1 aromatic heterocycles. The van der Waals surface area contributed by atoms with Crippen LogP contribution in [0.4, 0.5) is 0 Å². The van der Waals surface area contributed by atoms with Crippen molar-refractivity contribution in [2.45, 2.75) is 19.3 Å². The van der Waals surface area contributed by atoms with Gasteiger partial charge in [-0.05, 0) is 0 Å².